The van der Waals surface area contributed by atoms with Crippen LogP contribution in [0, 0.1) is 17.3 Å². The second kappa shape index (κ2) is 12.9. The Morgan fingerprint density at radius 2 is 1.36 bits per heavy atom. The maximum Gasteiger partial charge on any atom is 0.416 e. The van der Waals surface area contributed by atoms with Gasteiger partial charge < -0.3 is 14.8 Å². The van der Waals surface area contributed by atoms with E-state index in [9.17, 15) is 39.5 Å². The molecule has 1 unspecified atom stereocenters. The zero-order valence-electron chi connectivity index (χ0n) is 25.2. The van der Waals surface area contributed by atoms with Crippen molar-refractivity contribution in [2.45, 2.75) is 58.4 Å². The molecule has 0 aliphatic heterocycles. The van der Waals surface area contributed by atoms with E-state index in [0.717, 1.165) is 17.7 Å². The van der Waals surface area contributed by atoms with E-state index in [1.165, 1.54) is 34.1 Å². The highest BCUT2D eigenvalue weighted by Crippen LogP contribution is 2.51. The second-order valence-electron chi connectivity index (χ2n) is 11.5. The smallest absolute Gasteiger partial charge is 0.346 e. The molecule has 3 nitrogen and oxygen atoms in total. The van der Waals surface area contributed by atoms with E-state index >= 15 is 0 Å². The fraction of sp³-hybridized carbons (Fsp3) is 0.500. The fourth-order valence-corrected chi connectivity index (χ4v) is 5.31. The van der Waals surface area contributed by atoms with Crippen LogP contribution in [0.4, 0.5) is 39.5 Å². The number of methoxy groups -OCH3 is 2. The van der Waals surface area contributed by atoms with Gasteiger partial charge in [0.1, 0.15) is 5.41 Å². The topological polar surface area (TPSA) is 30.5 Å². The number of hydrogen-bond donors (Lipinski definition) is 1. The van der Waals surface area contributed by atoms with Gasteiger partial charge in [0, 0.05) is 26.3 Å². The first kappa shape index (κ1) is 35.6. The first-order valence-corrected chi connectivity index (χ1v) is 13.9. The van der Waals surface area contributed by atoms with Crippen LogP contribution in [0.3, 0.4) is 0 Å². The van der Waals surface area contributed by atoms with E-state index in [1.54, 1.807) is 12.2 Å². The van der Waals surface area contributed by atoms with Crippen LogP contribution in [0.5, 0.6) is 0 Å². The third kappa shape index (κ3) is 7.34. The summed E-state index contributed by atoms with van der Waals surface area (Å²) in [6, 6.07) is 1.32. The van der Waals surface area contributed by atoms with Crippen molar-refractivity contribution in [2.75, 3.05) is 27.3 Å². The minimum atomic E-state index is -4.99. The van der Waals surface area contributed by atoms with Gasteiger partial charge >= 0.3 is 18.5 Å². The summed E-state index contributed by atoms with van der Waals surface area (Å²) in [5.41, 5.74) is -3.48. The van der Waals surface area contributed by atoms with E-state index in [-0.39, 0.29) is 42.6 Å². The Labute approximate surface area is 251 Å². The van der Waals surface area contributed by atoms with Crippen molar-refractivity contribution in [1.29, 1.82) is 0 Å². The Kier molecular flexibility index (Phi) is 10.4. The summed E-state index contributed by atoms with van der Waals surface area (Å²) in [7, 11) is 2.80. The Balaban J connectivity index is 2.05. The molecule has 0 aromatic heterocycles. The molecule has 0 saturated carbocycles. The summed E-state index contributed by atoms with van der Waals surface area (Å²) in [5, 5.41) is 2.93. The molecule has 0 amide bonds. The largest absolute Gasteiger partial charge is 0.416 e. The van der Waals surface area contributed by atoms with Crippen LogP contribution in [-0.2, 0) is 28.2 Å². The van der Waals surface area contributed by atoms with Crippen molar-refractivity contribution in [1.82, 2.24) is 5.32 Å². The first-order valence-electron chi connectivity index (χ1n) is 13.9. The molecule has 0 heterocycles. The molecule has 2 aliphatic rings. The van der Waals surface area contributed by atoms with Gasteiger partial charge in [-0.15, -0.1) is 0 Å². The van der Waals surface area contributed by atoms with Crippen LogP contribution < -0.4 is 5.32 Å². The predicted octanol–water partition coefficient (Wildman–Crippen LogP) is 9.00. The number of nitrogens with one attached hydrogen (secondary N) is 1. The minimum absolute atomic E-state index is 0.0482. The van der Waals surface area contributed by atoms with Crippen molar-refractivity contribution >= 4 is 0 Å². The molecule has 1 aromatic carbocycles. The Morgan fingerprint density at radius 3 is 1.82 bits per heavy atom. The number of ether oxygens (including phenoxy) is 2. The third-order valence-electron chi connectivity index (χ3n) is 8.03. The average Bonchev–Trinajstić information content (AvgIpc) is 2.93. The molecule has 244 valence electrons. The lowest BCUT2D eigenvalue weighted by Gasteiger charge is -2.39. The van der Waals surface area contributed by atoms with Gasteiger partial charge in [0.15, 0.2) is 0 Å². The van der Waals surface area contributed by atoms with Crippen molar-refractivity contribution in [3.05, 3.63) is 93.6 Å². The molecular formula is C32H36F9NO2. The van der Waals surface area contributed by atoms with Crippen LogP contribution >= 0.6 is 0 Å². The lowest BCUT2D eigenvalue weighted by molar-refractivity contribution is -0.202. The van der Waals surface area contributed by atoms with E-state index in [1.807, 2.05) is 19.9 Å². The number of allylic oxidation sites excluding steroid dienone is 5. The van der Waals surface area contributed by atoms with Crippen molar-refractivity contribution in [2.24, 2.45) is 17.3 Å². The van der Waals surface area contributed by atoms with Gasteiger partial charge in [0.25, 0.3) is 0 Å². The quantitative estimate of drug-likeness (QED) is 0.167. The molecule has 2 aliphatic carbocycles. The zero-order valence-corrected chi connectivity index (χ0v) is 25.2. The van der Waals surface area contributed by atoms with E-state index in [0.29, 0.717) is 23.3 Å². The summed E-state index contributed by atoms with van der Waals surface area (Å²) >= 11 is 0. The molecule has 1 atom stereocenters. The zero-order chi connectivity index (χ0) is 33.3. The average molecular weight is 638 g/mol. The predicted molar refractivity (Wildman–Crippen MR) is 149 cm³/mol. The molecule has 44 heavy (non-hydrogen) atoms. The highest BCUT2D eigenvalue weighted by Gasteiger charge is 2.55. The maximum absolute atomic E-state index is 14.5. The minimum Gasteiger partial charge on any atom is -0.346 e. The standard InChI is InChI=1S/C32H36F9NO2/c1-19(2)22-7-11-29(43-5,44-6)27(15-22)26-8-10-28(20(3)4,32(39,40)41)17-23(26)18-42-12-9-21-13-24(30(33,34)35)16-25(14-21)31(36,37)38/h7-8,10-11,13-17,19-20,42H,9,12,18H2,1-6H3/b27-26+. The summed E-state index contributed by atoms with van der Waals surface area (Å²) in [6.45, 7) is 6.50. The molecule has 3 rings (SSSR count). The lowest BCUT2D eigenvalue weighted by Crippen LogP contribution is -2.42. The molecule has 0 radical (unpaired) electrons. The molecule has 1 aromatic rings. The number of benzene rings is 1. The second-order valence-corrected chi connectivity index (χ2v) is 11.5. The summed E-state index contributed by atoms with van der Waals surface area (Å²) in [6.07, 6.45) is -6.00. The summed E-state index contributed by atoms with van der Waals surface area (Å²) < 4.78 is 135. The molecule has 0 bridgehead atoms. The Hall–Kier alpha value is -2.83. The van der Waals surface area contributed by atoms with Gasteiger partial charge in [-0.3, -0.25) is 0 Å². The van der Waals surface area contributed by atoms with Crippen LogP contribution in [-0.4, -0.2) is 39.3 Å². The van der Waals surface area contributed by atoms with Gasteiger partial charge in [-0.25, -0.2) is 0 Å². The Bertz CT molecular complexity index is 1320. The molecule has 1 N–H and O–H groups in total. The van der Waals surface area contributed by atoms with E-state index in [2.05, 4.69) is 5.32 Å². The summed E-state index contributed by atoms with van der Waals surface area (Å²) in [4.78, 5) is 0. The van der Waals surface area contributed by atoms with E-state index in [4.69, 9.17) is 9.47 Å². The van der Waals surface area contributed by atoms with Crippen LogP contribution in [0.25, 0.3) is 0 Å². The monoisotopic (exact) mass is 637 g/mol. The first-order chi connectivity index (χ1) is 20.2. The molecule has 0 saturated heterocycles. The summed E-state index contributed by atoms with van der Waals surface area (Å²) in [5.74, 6) is -2.25. The van der Waals surface area contributed by atoms with Crippen molar-refractivity contribution in [3.8, 4) is 0 Å². The van der Waals surface area contributed by atoms with Gasteiger partial charge in [-0.05, 0) is 77.4 Å². The lowest BCUT2D eigenvalue weighted by atomic mass is 9.70. The molecule has 0 fully saturated rings. The normalized spacial score (nSPS) is 22.6. The highest BCUT2D eigenvalue weighted by molar-refractivity contribution is 5.59. The molecule has 12 heteroatoms. The van der Waals surface area contributed by atoms with Crippen molar-refractivity contribution in [3.63, 3.8) is 0 Å². The van der Waals surface area contributed by atoms with Gasteiger partial charge in [0.2, 0.25) is 5.79 Å². The van der Waals surface area contributed by atoms with Crippen LogP contribution in [0.1, 0.15) is 44.4 Å². The van der Waals surface area contributed by atoms with Crippen molar-refractivity contribution < 1.29 is 49.0 Å². The number of alkyl halides is 9. The maximum atomic E-state index is 14.5. The highest BCUT2D eigenvalue weighted by atomic mass is 19.4. The third-order valence-corrected chi connectivity index (χ3v) is 8.03. The van der Waals surface area contributed by atoms with Crippen LogP contribution in [0.15, 0.2) is 76.9 Å². The Morgan fingerprint density at radius 1 is 0.795 bits per heavy atom. The number of hydrogen-bond acceptors (Lipinski definition) is 3. The van der Waals surface area contributed by atoms with Crippen LogP contribution in [0.2, 0.25) is 0 Å². The number of halogens is 9. The van der Waals surface area contributed by atoms with Gasteiger partial charge in [-0.1, -0.05) is 52.0 Å². The van der Waals surface area contributed by atoms with Gasteiger partial charge in [-0.2, -0.15) is 39.5 Å². The fourth-order valence-electron chi connectivity index (χ4n) is 5.31. The number of rotatable bonds is 9. The molecular weight excluding hydrogens is 601 g/mol. The SMILES string of the molecule is COC1(OC)C=CC(C(C)C)=C/C1=C1/C=CC(C(C)C)(C(F)(F)F)C=C1CNCCc1cc(C(F)(F)F)cc(C(F)(F)F)c1. The van der Waals surface area contributed by atoms with E-state index < -0.39 is 46.8 Å². The molecule has 0 spiro atoms. The van der Waals surface area contributed by atoms with Gasteiger partial charge in [0.05, 0.1) is 11.1 Å².